The molecule has 1 unspecified atom stereocenters. The number of hydrogen-bond acceptors (Lipinski definition) is 3. The Hall–Kier alpha value is -0.520. The standard InChI is InChI=1S/C11H14BrNO2S/c1-7(6-15-2)13-11(14)9-4-3-8(12)5-10(9)16/h3-5,7,16H,6H2,1-2H3,(H,13,14). The van der Waals surface area contributed by atoms with Gasteiger partial charge in [-0.2, -0.15) is 0 Å². The van der Waals surface area contributed by atoms with E-state index in [0.717, 1.165) is 4.47 Å². The van der Waals surface area contributed by atoms with Gasteiger partial charge in [-0.1, -0.05) is 15.9 Å². The van der Waals surface area contributed by atoms with E-state index >= 15 is 0 Å². The lowest BCUT2D eigenvalue weighted by molar-refractivity contribution is 0.0902. The lowest BCUT2D eigenvalue weighted by atomic mass is 10.2. The summed E-state index contributed by atoms with van der Waals surface area (Å²) in [6.07, 6.45) is 0. The van der Waals surface area contributed by atoms with Gasteiger partial charge in [-0.3, -0.25) is 4.79 Å². The van der Waals surface area contributed by atoms with Crippen molar-refractivity contribution in [1.82, 2.24) is 5.32 Å². The fraction of sp³-hybridized carbons (Fsp3) is 0.364. The Bertz CT molecular complexity index is 384. The first kappa shape index (κ1) is 13.5. The fourth-order valence-electron chi connectivity index (χ4n) is 1.29. The molecule has 1 rings (SSSR count). The third-order valence-corrected chi connectivity index (χ3v) is 2.86. The molecular weight excluding hydrogens is 290 g/mol. The average molecular weight is 304 g/mol. The molecule has 1 aromatic rings. The van der Waals surface area contributed by atoms with Gasteiger partial charge in [-0.15, -0.1) is 12.6 Å². The summed E-state index contributed by atoms with van der Waals surface area (Å²) in [5.74, 6) is -0.137. The first-order valence-corrected chi connectivity index (χ1v) is 6.07. The van der Waals surface area contributed by atoms with E-state index < -0.39 is 0 Å². The van der Waals surface area contributed by atoms with Crippen molar-refractivity contribution in [3.8, 4) is 0 Å². The van der Waals surface area contributed by atoms with Crippen LogP contribution in [0.2, 0.25) is 0 Å². The number of rotatable bonds is 4. The molecule has 88 valence electrons. The van der Waals surface area contributed by atoms with Gasteiger partial charge in [-0.05, 0) is 25.1 Å². The monoisotopic (exact) mass is 303 g/mol. The van der Waals surface area contributed by atoms with Crippen molar-refractivity contribution < 1.29 is 9.53 Å². The molecule has 0 spiro atoms. The zero-order valence-corrected chi connectivity index (χ0v) is 11.6. The van der Waals surface area contributed by atoms with E-state index in [1.807, 2.05) is 13.0 Å². The molecule has 0 heterocycles. The number of nitrogens with one attached hydrogen (secondary N) is 1. The number of amides is 1. The predicted octanol–water partition coefficient (Wildman–Crippen LogP) is 2.50. The molecule has 0 radical (unpaired) electrons. The van der Waals surface area contributed by atoms with Gasteiger partial charge in [-0.25, -0.2) is 0 Å². The Morgan fingerprint density at radius 3 is 2.88 bits per heavy atom. The second-order valence-corrected chi connectivity index (χ2v) is 4.89. The minimum absolute atomic E-state index is 0.0196. The second kappa shape index (κ2) is 6.27. The molecule has 1 atom stereocenters. The molecule has 16 heavy (non-hydrogen) atoms. The number of ether oxygens (including phenoxy) is 1. The van der Waals surface area contributed by atoms with Crippen LogP contribution < -0.4 is 5.32 Å². The van der Waals surface area contributed by atoms with E-state index in [-0.39, 0.29) is 11.9 Å². The highest BCUT2D eigenvalue weighted by atomic mass is 79.9. The van der Waals surface area contributed by atoms with Crippen LogP contribution in [0, 0.1) is 0 Å². The summed E-state index contributed by atoms with van der Waals surface area (Å²) in [7, 11) is 1.60. The van der Waals surface area contributed by atoms with E-state index in [1.54, 1.807) is 19.2 Å². The van der Waals surface area contributed by atoms with Crippen molar-refractivity contribution in [3.05, 3.63) is 28.2 Å². The summed E-state index contributed by atoms with van der Waals surface area (Å²) in [6.45, 7) is 2.38. The summed E-state index contributed by atoms with van der Waals surface area (Å²) in [4.78, 5) is 12.5. The maximum absolute atomic E-state index is 11.8. The van der Waals surface area contributed by atoms with Crippen molar-refractivity contribution in [2.45, 2.75) is 17.9 Å². The van der Waals surface area contributed by atoms with Crippen LogP contribution in [0.25, 0.3) is 0 Å². The summed E-state index contributed by atoms with van der Waals surface area (Å²) < 4.78 is 5.85. The quantitative estimate of drug-likeness (QED) is 0.839. The van der Waals surface area contributed by atoms with Gasteiger partial charge in [0, 0.05) is 22.5 Å². The number of carbonyl (C=O) groups excluding carboxylic acids is 1. The van der Waals surface area contributed by atoms with Crippen LogP contribution in [0.4, 0.5) is 0 Å². The molecule has 0 aliphatic heterocycles. The zero-order valence-electron chi connectivity index (χ0n) is 9.16. The Morgan fingerprint density at radius 2 is 2.31 bits per heavy atom. The summed E-state index contributed by atoms with van der Waals surface area (Å²) in [5, 5.41) is 2.83. The van der Waals surface area contributed by atoms with Gasteiger partial charge < -0.3 is 10.1 Å². The van der Waals surface area contributed by atoms with Crippen molar-refractivity contribution in [2.24, 2.45) is 0 Å². The largest absolute Gasteiger partial charge is 0.383 e. The van der Waals surface area contributed by atoms with Crippen molar-refractivity contribution in [2.75, 3.05) is 13.7 Å². The summed E-state index contributed by atoms with van der Waals surface area (Å²) in [5.41, 5.74) is 0.564. The highest BCUT2D eigenvalue weighted by molar-refractivity contribution is 9.10. The number of benzene rings is 1. The lowest BCUT2D eigenvalue weighted by Crippen LogP contribution is -2.35. The minimum atomic E-state index is -0.137. The van der Waals surface area contributed by atoms with Gasteiger partial charge in [0.25, 0.3) is 5.91 Å². The van der Waals surface area contributed by atoms with Crippen LogP contribution in [-0.4, -0.2) is 25.7 Å². The first-order chi connectivity index (χ1) is 7.54. The van der Waals surface area contributed by atoms with Gasteiger partial charge >= 0.3 is 0 Å². The maximum Gasteiger partial charge on any atom is 0.252 e. The molecule has 1 aromatic carbocycles. The van der Waals surface area contributed by atoms with Crippen LogP contribution >= 0.6 is 28.6 Å². The SMILES string of the molecule is COCC(C)NC(=O)c1ccc(Br)cc1S. The molecule has 1 N–H and O–H groups in total. The number of carbonyl (C=O) groups is 1. The maximum atomic E-state index is 11.8. The fourth-order valence-corrected chi connectivity index (χ4v) is 2.14. The van der Waals surface area contributed by atoms with Crippen LogP contribution in [0.15, 0.2) is 27.6 Å². The smallest absolute Gasteiger partial charge is 0.252 e. The molecule has 0 aromatic heterocycles. The molecule has 0 saturated carbocycles. The average Bonchev–Trinajstić information content (AvgIpc) is 2.17. The second-order valence-electron chi connectivity index (χ2n) is 3.49. The van der Waals surface area contributed by atoms with E-state index in [1.165, 1.54) is 0 Å². The Balaban J connectivity index is 2.73. The zero-order chi connectivity index (χ0) is 12.1. The van der Waals surface area contributed by atoms with E-state index in [4.69, 9.17) is 4.74 Å². The topological polar surface area (TPSA) is 38.3 Å². The number of hydrogen-bond donors (Lipinski definition) is 2. The molecule has 0 fully saturated rings. The van der Waals surface area contributed by atoms with Gasteiger partial charge in [0.15, 0.2) is 0 Å². The Morgan fingerprint density at radius 1 is 1.62 bits per heavy atom. The minimum Gasteiger partial charge on any atom is -0.383 e. The van der Waals surface area contributed by atoms with Crippen LogP contribution in [-0.2, 0) is 4.74 Å². The van der Waals surface area contributed by atoms with Gasteiger partial charge in [0.1, 0.15) is 0 Å². The predicted molar refractivity (Wildman–Crippen MR) is 70.2 cm³/mol. The van der Waals surface area contributed by atoms with E-state index in [2.05, 4.69) is 33.9 Å². The molecule has 0 aliphatic carbocycles. The first-order valence-electron chi connectivity index (χ1n) is 4.83. The molecule has 0 saturated heterocycles. The molecule has 1 amide bonds. The number of methoxy groups -OCH3 is 1. The Kier molecular flexibility index (Phi) is 5.31. The highest BCUT2D eigenvalue weighted by Gasteiger charge is 2.12. The molecule has 0 bridgehead atoms. The highest BCUT2D eigenvalue weighted by Crippen LogP contribution is 2.19. The van der Waals surface area contributed by atoms with Crippen LogP contribution in [0.1, 0.15) is 17.3 Å². The Labute approximate surface area is 109 Å². The molecule has 5 heteroatoms. The van der Waals surface area contributed by atoms with Crippen molar-refractivity contribution in [1.29, 1.82) is 0 Å². The summed E-state index contributed by atoms with van der Waals surface area (Å²) >= 11 is 7.58. The molecular formula is C11H14BrNO2S. The molecule has 0 aliphatic rings. The van der Waals surface area contributed by atoms with E-state index in [0.29, 0.717) is 17.1 Å². The number of thiol groups is 1. The number of halogens is 1. The third-order valence-electron chi connectivity index (χ3n) is 2.00. The molecule has 3 nitrogen and oxygen atoms in total. The van der Waals surface area contributed by atoms with Gasteiger partial charge in [0.05, 0.1) is 12.2 Å². The van der Waals surface area contributed by atoms with Crippen molar-refractivity contribution in [3.63, 3.8) is 0 Å². The third kappa shape index (κ3) is 3.81. The normalized spacial score (nSPS) is 12.2. The summed E-state index contributed by atoms with van der Waals surface area (Å²) in [6, 6.07) is 5.32. The van der Waals surface area contributed by atoms with Crippen molar-refractivity contribution >= 4 is 34.5 Å². The van der Waals surface area contributed by atoms with Gasteiger partial charge in [0.2, 0.25) is 0 Å². The van der Waals surface area contributed by atoms with E-state index in [9.17, 15) is 4.79 Å². The lowest BCUT2D eigenvalue weighted by Gasteiger charge is -2.13. The van der Waals surface area contributed by atoms with Crippen LogP contribution in [0.3, 0.4) is 0 Å². The van der Waals surface area contributed by atoms with Crippen LogP contribution in [0.5, 0.6) is 0 Å².